The van der Waals surface area contributed by atoms with Crippen molar-refractivity contribution in [3.05, 3.63) is 40.2 Å². The van der Waals surface area contributed by atoms with E-state index in [1.54, 1.807) is 6.07 Å². The van der Waals surface area contributed by atoms with Gasteiger partial charge in [0.05, 0.1) is 10.0 Å². The first-order chi connectivity index (χ1) is 9.01. The maximum atomic E-state index is 13.3. The average molecular weight is 322 g/mol. The molecule has 1 aromatic heterocycles. The zero-order chi connectivity index (χ0) is 14.0. The lowest BCUT2D eigenvalue weighted by Gasteiger charge is -2.04. The molecule has 0 spiro atoms. The van der Waals surface area contributed by atoms with Crippen molar-refractivity contribution < 1.29 is 4.39 Å². The van der Waals surface area contributed by atoms with E-state index in [0.717, 1.165) is 22.3 Å². The van der Waals surface area contributed by atoms with Gasteiger partial charge >= 0.3 is 0 Å². The standard InChI is InChI=1S/C14H13BrFN3/c1-9(2)7-19-8-12(15)14(18-19)10-3-4-13(16)11(5-10)6-17/h3-5,8-9H,7H2,1-2H3. The number of nitriles is 1. The summed E-state index contributed by atoms with van der Waals surface area (Å²) in [7, 11) is 0. The Morgan fingerprint density at radius 2 is 2.21 bits per heavy atom. The first-order valence-electron chi connectivity index (χ1n) is 5.94. The van der Waals surface area contributed by atoms with Crippen molar-refractivity contribution in [1.29, 1.82) is 5.26 Å². The fourth-order valence-electron chi connectivity index (χ4n) is 1.82. The Bertz CT molecular complexity index is 641. The molecule has 0 saturated heterocycles. The van der Waals surface area contributed by atoms with Crippen LogP contribution in [-0.2, 0) is 6.54 Å². The van der Waals surface area contributed by atoms with Crippen LogP contribution in [0.3, 0.4) is 0 Å². The Labute approximate surface area is 119 Å². The molecule has 98 valence electrons. The number of benzene rings is 1. The molecule has 0 fully saturated rings. The molecule has 0 bridgehead atoms. The van der Waals surface area contributed by atoms with Crippen LogP contribution in [0, 0.1) is 23.1 Å². The summed E-state index contributed by atoms with van der Waals surface area (Å²) in [6.07, 6.45) is 1.89. The van der Waals surface area contributed by atoms with Crippen LogP contribution in [0.2, 0.25) is 0 Å². The van der Waals surface area contributed by atoms with Crippen LogP contribution in [-0.4, -0.2) is 9.78 Å². The van der Waals surface area contributed by atoms with Gasteiger partial charge in [-0.05, 0) is 40.0 Å². The SMILES string of the molecule is CC(C)Cn1cc(Br)c(-c2ccc(F)c(C#N)c2)n1. The van der Waals surface area contributed by atoms with Crippen LogP contribution < -0.4 is 0 Å². The smallest absolute Gasteiger partial charge is 0.140 e. The van der Waals surface area contributed by atoms with Crippen LogP contribution in [0.15, 0.2) is 28.9 Å². The molecule has 0 amide bonds. The summed E-state index contributed by atoms with van der Waals surface area (Å²) in [5.41, 5.74) is 1.48. The number of rotatable bonds is 3. The number of nitrogens with zero attached hydrogens (tertiary/aromatic N) is 3. The van der Waals surface area contributed by atoms with Gasteiger partial charge < -0.3 is 0 Å². The maximum Gasteiger partial charge on any atom is 0.140 e. The van der Waals surface area contributed by atoms with Crippen molar-refractivity contribution in [3.63, 3.8) is 0 Å². The van der Waals surface area contributed by atoms with Crippen LogP contribution >= 0.6 is 15.9 Å². The fourth-order valence-corrected chi connectivity index (χ4v) is 2.36. The van der Waals surface area contributed by atoms with E-state index < -0.39 is 5.82 Å². The minimum Gasteiger partial charge on any atom is -0.271 e. The monoisotopic (exact) mass is 321 g/mol. The van der Waals surface area contributed by atoms with E-state index in [2.05, 4.69) is 34.9 Å². The Kier molecular flexibility index (Phi) is 4.01. The highest BCUT2D eigenvalue weighted by Gasteiger charge is 2.12. The first kappa shape index (κ1) is 13.8. The van der Waals surface area contributed by atoms with E-state index in [1.807, 2.05) is 16.9 Å². The summed E-state index contributed by atoms with van der Waals surface area (Å²) in [4.78, 5) is 0. The maximum absolute atomic E-state index is 13.3. The summed E-state index contributed by atoms with van der Waals surface area (Å²) >= 11 is 3.45. The molecular weight excluding hydrogens is 309 g/mol. The Morgan fingerprint density at radius 1 is 1.47 bits per heavy atom. The Morgan fingerprint density at radius 3 is 2.84 bits per heavy atom. The third kappa shape index (κ3) is 3.02. The van der Waals surface area contributed by atoms with Crippen molar-refractivity contribution in [3.8, 4) is 17.3 Å². The predicted octanol–water partition coefficient (Wildman–Crippen LogP) is 3.98. The lowest BCUT2D eigenvalue weighted by atomic mass is 10.1. The molecule has 0 saturated carbocycles. The molecule has 2 rings (SSSR count). The number of aromatic nitrogens is 2. The van der Waals surface area contributed by atoms with E-state index in [-0.39, 0.29) is 5.56 Å². The van der Waals surface area contributed by atoms with Gasteiger partial charge in [0.2, 0.25) is 0 Å². The summed E-state index contributed by atoms with van der Waals surface area (Å²) in [5, 5.41) is 13.3. The molecule has 1 aromatic carbocycles. The summed E-state index contributed by atoms with van der Waals surface area (Å²) in [5.74, 6) is -0.0217. The molecule has 0 aliphatic rings. The molecule has 3 nitrogen and oxygen atoms in total. The van der Waals surface area contributed by atoms with Gasteiger partial charge in [-0.25, -0.2) is 4.39 Å². The van der Waals surface area contributed by atoms with E-state index in [1.165, 1.54) is 12.1 Å². The molecule has 0 aliphatic carbocycles. The molecule has 5 heteroatoms. The highest BCUT2D eigenvalue weighted by molar-refractivity contribution is 9.10. The quantitative estimate of drug-likeness (QED) is 0.858. The van der Waals surface area contributed by atoms with Gasteiger partial charge in [-0.2, -0.15) is 10.4 Å². The zero-order valence-corrected chi connectivity index (χ0v) is 12.3. The topological polar surface area (TPSA) is 41.6 Å². The lowest BCUT2D eigenvalue weighted by molar-refractivity contribution is 0.484. The summed E-state index contributed by atoms with van der Waals surface area (Å²) in [6, 6.07) is 6.28. The van der Waals surface area contributed by atoms with Crippen molar-refractivity contribution in [1.82, 2.24) is 9.78 Å². The highest BCUT2D eigenvalue weighted by Crippen LogP contribution is 2.28. The van der Waals surface area contributed by atoms with E-state index in [9.17, 15) is 4.39 Å². The van der Waals surface area contributed by atoms with Gasteiger partial charge in [-0.15, -0.1) is 0 Å². The van der Waals surface area contributed by atoms with Crippen molar-refractivity contribution in [2.24, 2.45) is 5.92 Å². The minimum absolute atomic E-state index is 0.0304. The van der Waals surface area contributed by atoms with Gasteiger partial charge in [-0.1, -0.05) is 13.8 Å². The molecule has 1 heterocycles. The largest absolute Gasteiger partial charge is 0.271 e. The second-order valence-electron chi connectivity index (χ2n) is 4.75. The minimum atomic E-state index is -0.510. The zero-order valence-electron chi connectivity index (χ0n) is 10.7. The molecule has 0 aliphatic heterocycles. The average Bonchev–Trinajstić information content (AvgIpc) is 2.70. The number of hydrogen-bond acceptors (Lipinski definition) is 2. The molecule has 0 N–H and O–H groups in total. The Hall–Kier alpha value is -1.67. The van der Waals surface area contributed by atoms with Crippen LogP contribution in [0.4, 0.5) is 4.39 Å². The second kappa shape index (κ2) is 5.54. The van der Waals surface area contributed by atoms with Crippen LogP contribution in [0.1, 0.15) is 19.4 Å². The van der Waals surface area contributed by atoms with Crippen LogP contribution in [0.25, 0.3) is 11.3 Å². The third-order valence-electron chi connectivity index (χ3n) is 2.63. The van der Waals surface area contributed by atoms with E-state index in [4.69, 9.17) is 5.26 Å². The first-order valence-corrected chi connectivity index (χ1v) is 6.73. The summed E-state index contributed by atoms with van der Waals surface area (Å²) in [6.45, 7) is 5.03. The normalized spacial score (nSPS) is 10.7. The number of hydrogen-bond donors (Lipinski definition) is 0. The van der Waals surface area contributed by atoms with E-state index >= 15 is 0 Å². The summed E-state index contributed by atoms with van der Waals surface area (Å²) < 4.78 is 16.0. The fraction of sp³-hybridized carbons (Fsp3) is 0.286. The molecule has 0 unspecified atom stereocenters. The van der Waals surface area contributed by atoms with Gasteiger partial charge in [0, 0.05) is 18.3 Å². The van der Waals surface area contributed by atoms with Gasteiger partial charge in [0.1, 0.15) is 17.6 Å². The molecular formula is C14H13BrFN3. The van der Waals surface area contributed by atoms with Gasteiger partial charge in [0.15, 0.2) is 0 Å². The van der Waals surface area contributed by atoms with Crippen molar-refractivity contribution in [2.45, 2.75) is 20.4 Å². The van der Waals surface area contributed by atoms with Gasteiger partial charge in [0.25, 0.3) is 0 Å². The van der Waals surface area contributed by atoms with Crippen molar-refractivity contribution in [2.75, 3.05) is 0 Å². The third-order valence-corrected chi connectivity index (χ3v) is 3.21. The number of halogens is 2. The van der Waals surface area contributed by atoms with Crippen molar-refractivity contribution >= 4 is 15.9 Å². The van der Waals surface area contributed by atoms with E-state index in [0.29, 0.717) is 5.92 Å². The highest BCUT2D eigenvalue weighted by atomic mass is 79.9. The van der Waals surface area contributed by atoms with Crippen LogP contribution in [0.5, 0.6) is 0 Å². The second-order valence-corrected chi connectivity index (χ2v) is 5.60. The Balaban J connectivity index is 2.42. The molecule has 19 heavy (non-hydrogen) atoms. The lowest BCUT2D eigenvalue weighted by Crippen LogP contribution is -2.04. The molecule has 0 atom stereocenters. The predicted molar refractivity (Wildman–Crippen MR) is 74.9 cm³/mol. The van der Waals surface area contributed by atoms with Gasteiger partial charge in [-0.3, -0.25) is 4.68 Å². The molecule has 0 radical (unpaired) electrons. The molecule has 2 aromatic rings.